The van der Waals surface area contributed by atoms with Gasteiger partial charge < -0.3 is 10.6 Å². The Morgan fingerprint density at radius 1 is 1.38 bits per heavy atom. The van der Waals surface area contributed by atoms with Gasteiger partial charge in [0.15, 0.2) is 0 Å². The van der Waals surface area contributed by atoms with Crippen LogP contribution in [-0.2, 0) is 4.79 Å². The van der Waals surface area contributed by atoms with Crippen LogP contribution in [0.25, 0.3) is 0 Å². The number of benzene rings is 1. The van der Waals surface area contributed by atoms with Crippen molar-refractivity contribution in [2.24, 2.45) is 5.92 Å². The molecular weight excluding hydrogens is 378 g/mol. The molecule has 2 heterocycles. The fourth-order valence-electron chi connectivity index (χ4n) is 3.29. The minimum absolute atomic E-state index is 0. The highest BCUT2D eigenvalue weighted by atomic mass is 35.5. The van der Waals surface area contributed by atoms with Gasteiger partial charge in [-0.05, 0) is 32.0 Å². The summed E-state index contributed by atoms with van der Waals surface area (Å²) in [6, 6.07) is 2.10. The van der Waals surface area contributed by atoms with Crippen molar-refractivity contribution in [2.75, 3.05) is 13.1 Å². The molecule has 1 aromatic carbocycles. The summed E-state index contributed by atoms with van der Waals surface area (Å²) in [6.45, 7) is 3.46. The van der Waals surface area contributed by atoms with E-state index >= 15 is 0 Å². The number of piperidine rings is 1. The van der Waals surface area contributed by atoms with Gasteiger partial charge in [-0.2, -0.15) is 0 Å². The van der Waals surface area contributed by atoms with Crippen LogP contribution in [0.4, 0.5) is 4.39 Å². The van der Waals surface area contributed by atoms with Crippen molar-refractivity contribution in [1.29, 1.82) is 0 Å². The van der Waals surface area contributed by atoms with Gasteiger partial charge in [0.25, 0.3) is 0 Å². The summed E-state index contributed by atoms with van der Waals surface area (Å²) in [7, 11) is 0. The topological polar surface area (TPSA) is 65.2 Å². The number of fused-ring (bicyclic) bond motifs is 1. The summed E-state index contributed by atoms with van der Waals surface area (Å²) in [5.74, 6) is -0.531. The quantitative estimate of drug-likeness (QED) is 0.590. The van der Waals surface area contributed by atoms with E-state index in [2.05, 4.69) is 21.5 Å². The molecule has 4 atom stereocenters. The standard InChI is InChI=1S/C15H19Cl2FN4O.ClH/c1-7(12-9(16)2-3-10(18)13(12)17)20-15(23)14-8-6-19-5-4-11(8)21-22-14;/h2-3,7-8,11,14,19,21-22H,4-6H2,1H3,(H,20,23);1H. The van der Waals surface area contributed by atoms with Gasteiger partial charge in [0.1, 0.15) is 11.9 Å². The average Bonchev–Trinajstić information content (AvgIpc) is 2.95. The molecule has 0 bridgehead atoms. The largest absolute Gasteiger partial charge is 0.348 e. The van der Waals surface area contributed by atoms with Crippen molar-refractivity contribution in [2.45, 2.75) is 31.5 Å². The first kappa shape index (κ1) is 19.7. The van der Waals surface area contributed by atoms with E-state index in [1.807, 2.05) is 0 Å². The summed E-state index contributed by atoms with van der Waals surface area (Å²) in [5.41, 5.74) is 6.62. The number of halogens is 4. The van der Waals surface area contributed by atoms with Gasteiger partial charge in [0.05, 0.1) is 11.1 Å². The molecular formula is C15H20Cl3FN4O. The molecule has 4 unspecified atom stereocenters. The maximum absolute atomic E-state index is 13.6. The van der Waals surface area contributed by atoms with Gasteiger partial charge in [0, 0.05) is 29.1 Å². The van der Waals surface area contributed by atoms with Crippen LogP contribution < -0.4 is 21.5 Å². The minimum atomic E-state index is -0.552. The van der Waals surface area contributed by atoms with Crippen LogP contribution in [0.3, 0.4) is 0 Å². The molecule has 1 aromatic rings. The van der Waals surface area contributed by atoms with Crippen LogP contribution in [0, 0.1) is 11.7 Å². The zero-order valence-corrected chi connectivity index (χ0v) is 15.4. The Labute approximate surface area is 156 Å². The molecule has 2 fully saturated rings. The van der Waals surface area contributed by atoms with Crippen molar-refractivity contribution in [3.05, 3.63) is 33.6 Å². The molecule has 0 radical (unpaired) electrons. The van der Waals surface area contributed by atoms with E-state index in [0.29, 0.717) is 10.6 Å². The lowest BCUT2D eigenvalue weighted by atomic mass is 9.89. The maximum Gasteiger partial charge on any atom is 0.239 e. The van der Waals surface area contributed by atoms with Crippen LogP contribution in [0.5, 0.6) is 0 Å². The average molecular weight is 398 g/mol. The Balaban J connectivity index is 0.00000208. The summed E-state index contributed by atoms with van der Waals surface area (Å²) in [6.07, 6.45) is 0.971. The van der Waals surface area contributed by atoms with Crippen LogP contribution in [-0.4, -0.2) is 31.1 Å². The van der Waals surface area contributed by atoms with E-state index in [4.69, 9.17) is 23.2 Å². The van der Waals surface area contributed by atoms with Crippen LogP contribution in [0.2, 0.25) is 10.0 Å². The molecule has 0 saturated carbocycles. The lowest BCUT2D eigenvalue weighted by Crippen LogP contribution is -2.49. The van der Waals surface area contributed by atoms with Gasteiger partial charge in [-0.25, -0.2) is 9.82 Å². The summed E-state index contributed by atoms with van der Waals surface area (Å²) in [5, 5.41) is 6.45. The Hall–Kier alpha value is -0.630. The summed E-state index contributed by atoms with van der Waals surface area (Å²) in [4.78, 5) is 12.6. The second kappa shape index (κ2) is 8.17. The third-order valence-electron chi connectivity index (χ3n) is 4.54. The first-order valence-electron chi connectivity index (χ1n) is 7.64. The molecule has 0 spiro atoms. The molecule has 1 amide bonds. The predicted octanol–water partition coefficient (Wildman–Crippen LogP) is 2.19. The monoisotopic (exact) mass is 396 g/mol. The highest BCUT2D eigenvalue weighted by molar-refractivity contribution is 6.36. The normalized spacial score (nSPS) is 27.1. The molecule has 0 aliphatic carbocycles. The molecule has 5 nitrogen and oxygen atoms in total. The fraction of sp³-hybridized carbons (Fsp3) is 0.533. The van der Waals surface area contributed by atoms with E-state index in [0.717, 1.165) is 19.5 Å². The fourth-order valence-corrected chi connectivity index (χ4v) is 3.99. The number of amides is 1. The summed E-state index contributed by atoms with van der Waals surface area (Å²) < 4.78 is 13.6. The Kier molecular flexibility index (Phi) is 6.70. The van der Waals surface area contributed by atoms with Crippen molar-refractivity contribution >= 4 is 41.5 Å². The predicted molar refractivity (Wildman–Crippen MR) is 95.0 cm³/mol. The number of nitrogens with one attached hydrogen (secondary N) is 4. The van der Waals surface area contributed by atoms with E-state index in [1.54, 1.807) is 6.92 Å². The highest BCUT2D eigenvalue weighted by Crippen LogP contribution is 2.32. The van der Waals surface area contributed by atoms with Crippen LogP contribution >= 0.6 is 35.6 Å². The number of carbonyl (C=O) groups is 1. The van der Waals surface area contributed by atoms with Crippen LogP contribution in [0.15, 0.2) is 12.1 Å². The van der Waals surface area contributed by atoms with Crippen molar-refractivity contribution in [3.63, 3.8) is 0 Å². The molecule has 0 aromatic heterocycles. The Morgan fingerprint density at radius 3 is 2.88 bits per heavy atom. The third-order valence-corrected chi connectivity index (χ3v) is 5.25. The van der Waals surface area contributed by atoms with Gasteiger partial charge in [0.2, 0.25) is 5.91 Å². The number of rotatable bonds is 3. The maximum atomic E-state index is 13.6. The molecule has 134 valence electrons. The zero-order valence-electron chi connectivity index (χ0n) is 13.0. The van der Waals surface area contributed by atoms with Gasteiger partial charge in [-0.3, -0.25) is 10.2 Å². The smallest absolute Gasteiger partial charge is 0.239 e. The SMILES string of the molecule is CC(NC(=O)C1NNC2CCNCC21)c1c(Cl)ccc(F)c1Cl.Cl. The molecule has 24 heavy (non-hydrogen) atoms. The molecule has 9 heteroatoms. The Bertz CT molecular complexity index is 619. The third kappa shape index (κ3) is 3.79. The van der Waals surface area contributed by atoms with Crippen molar-refractivity contribution < 1.29 is 9.18 Å². The minimum Gasteiger partial charge on any atom is -0.348 e. The molecule has 4 N–H and O–H groups in total. The second-order valence-corrected chi connectivity index (χ2v) is 6.80. The number of hydrogen-bond acceptors (Lipinski definition) is 4. The highest BCUT2D eigenvalue weighted by Gasteiger charge is 2.41. The zero-order chi connectivity index (χ0) is 16.6. The molecule has 2 saturated heterocycles. The van der Waals surface area contributed by atoms with Crippen LogP contribution in [0.1, 0.15) is 24.9 Å². The summed E-state index contributed by atoms with van der Waals surface area (Å²) >= 11 is 12.1. The lowest BCUT2D eigenvalue weighted by Gasteiger charge is -2.28. The van der Waals surface area contributed by atoms with E-state index in [-0.39, 0.29) is 41.3 Å². The molecule has 3 rings (SSSR count). The number of carbonyl (C=O) groups excluding carboxylic acids is 1. The van der Waals surface area contributed by atoms with Gasteiger partial charge >= 0.3 is 0 Å². The van der Waals surface area contributed by atoms with E-state index in [9.17, 15) is 9.18 Å². The van der Waals surface area contributed by atoms with Crippen molar-refractivity contribution in [1.82, 2.24) is 21.5 Å². The van der Waals surface area contributed by atoms with E-state index < -0.39 is 11.9 Å². The lowest BCUT2D eigenvalue weighted by molar-refractivity contribution is -0.124. The number of hydrazine groups is 1. The molecule has 2 aliphatic heterocycles. The Morgan fingerprint density at radius 2 is 2.12 bits per heavy atom. The first-order chi connectivity index (χ1) is 11.0. The van der Waals surface area contributed by atoms with Gasteiger partial charge in [-0.1, -0.05) is 23.2 Å². The first-order valence-corrected chi connectivity index (χ1v) is 8.40. The van der Waals surface area contributed by atoms with E-state index in [1.165, 1.54) is 12.1 Å². The number of hydrogen-bond donors (Lipinski definition) is 4. The van der Waals surface area contributed by atoms with Gasteiger partial charge in [-0.15, -0.1) is 12.4 Å². The second-order valence-electron chi connectivity index (χ2n) is 6.02. The molecule has 2 aliphatic rings. The van der Waals surface area contributed by atoms with Crippen molar-refractivity contribution in [3.8, 4) is 0 Å².